The molecule has 44 heavy (non-hydrogen) atoms. The summed E-state index contributed by atoms with van der Waals surface area (Å²) in [5.41, 5.74) is 4.01. The van der Waals surface area contributed by atoms with Crippen molar-refractivity contribution in [2.45, 2.75) is 37.0 Å². The molecule has 1 heterocycles. The maximum atomic E-state index is 13.1. The van der Waals surface area contributed by atoms with E-state index in [4.69, 9.17) is 4.74 Å². The molecule has 0 bridgehead atoms. The summed E-state index contributed by atoms with van der Waals surface area (Å²) in [5, 5.41) is 8.61. The van der Waals surface area contributed by atoms with Crippen molar-refractivity contribution in [1.82, 2.24) is 0 Å². The number of rotatable bonds is 9. The number of esters is 1. The van der Waals surface area contributed by atoms with Crippen molar-refractivity contribution in [2.24, 2.45) is 0 Å². The Kier molecular flexibility index (Phi) is 9.09. The van der Waals surface area contributed by atoms with Crippen LogP contribution in [0.15, 0.2) is 102 Å². The molecule has 0 radical (unpaired) electrons. The van der Waals surface area contributed by atoms with Crippen molar-refractivity contribution in [3.63, 3.8) is 0 Å². The summed E-state index contributed by atoms with van der Waals surface area (Å²) < 4.78 is 5.39. The smallest absolute Gasteiger partial charge is 0.341 e. The van der Waals surface area contributed by atoms with Crippen LogP contribution in [0, 0.1) is 0 Å². The predicted molar refractivity (Wildman–Crippen MR) is 179 cm³/mol. The molecule has 0 spiro atoms. The number of amides is 2. The lowest BCUT2D eigenvalue weighted by Gasteiger charge is -2.23. The van der Waals surface area contributed by atoms with E-state index in [1.54, 1.807) is 6.92 Å². The number of carbonyl (C=O) groups excluding carboxylic acids is 3. The first-order valence-corrected chi connectivity index (χ1v) is 16.5. The number of anilines is 2. The van der Waals surface area contributed by atoms with Crippen molar-refractivity contribution in [1.29, 1.82) is 0 Å². The van der Waals surface area contributed by atoms with Gasteiger partial charge in [0.25, 0.3) is 5.91 Å². The van der Waals surface area contributed by atoms with Crippen molar-refractivity contribution in [3.05, 3.63) is 124 Å². The molecule has 222 valence electrons. The van der Waals surface area contributed by atoms with E-state index in [9.17, 15) is 14.4 Å². The molecule has 0 fully saturated rings. The Morgan fingerprint density at radius 2 is 1.68 bits per heavy atom. The fourth-order valence-corrected chi connectivity index (χ4v) is 7.70. The van der Waals surface area contributed by atoms with E-state index in [1.807, 2.05) is 72.8 Å². The van der Waals surface area contributed by atoms with Gasteiger partial charge in [-0.3, -0.25) is 9.59 Å². The van der Waals surface area contributed by atoms with Gasteiger partial charge in [-0.15, -0.1) is 23.1 Å². The molecule has 1 atom stereocenters. The fraction of sp³-hybridized carbons (Fsp3) is 0.194. The molecule has 2 amide bonds. The van der Waals surface area contributed by atoms with Crippen LogP contribution in [0.2, 0.25) is 0 Å². The van der Waals surface area contributed by atoms with Gasteiger partial charge >= 0.3 is 5.97 Å². The molecule has 0 aliphatic heterocycles. The molecule has 1 unspecified atom stereocenters. The highest BCUT2D eigenvalue weighted by molar-refractivity contribution is 8.00. The Morgan fingerprint density at radius 3 is 2.50 bits per heavy atom. The highest BCUT2D eigenvalue weighted by Crippen LogP contribution is 2.43. The Morgan fingerprint density at radius 1 is 0.886 bits per heavy atom. The number of hydrogen-bond donors (Lipinski definition) is 2. The summed E-state index contributed by atoms with van der Waals surface area (Å²) in [6.07, 6.45) is 2.54. The Labute approximate surface area is 264 Å². The quantitative estimate of drug-likeness (QED) is 0.128. The van der Waals surface area contributed by atoms with E-state index in [0.29, 0.717) is 27.7 Å². The monoisotopic (exact) mass is 620 g/mol. The molecule has 0 saturated heterocycles. The minimum Gasteiger partial charge on any atom is -0.462 e. The Balaban J connectivity index is 1.11. The van der Waals surface area contributed by atoms with Crippen molar-refractivity contribution in [2.75, 3.05) is 23.0 Å². The largest absolute Gasteiger partial charge is 0.462 e. The van der Waals surface area contributed by atoms with E-state index in [-0.39, 0.29) is 30.1 Å². The van der Waals surface area contributed by atoms with Crippen molar-refractivity contribution >= 4 is 62.3 Å². The number of nitrogens with one attached hydrogen (secondary N) is 2. The van der Waals surface area contributed by atoms with Gasteiger partial charge in [-0.25, -0.2) is 4.79 Å². The maximum Gasteiger partial charge on any atom is 0.341 e. The average Bonchev–Trinajstić information content (AvgIpc) is 3.41. The van der Waals surface area contributed by atoms with Crippen LogP contribution in [0.3, 0.4) is 0 Å². The number of ether oxygens (including phenoxy) is 1. The summed E-state index contributed by atoms with van der Waals surface area (Å²) in [7, 11) is 0. The van der Waals surface area contributed by atoms with Gasteiger partial charge in [-0.05, 0) is 84.3 Å². The zero-order chi connectivity index (χ0) is 30.5. The lowest BCUT2D eigenvalue weighted by Crippen LogP contribution is -2.18. The van der Waals surface area contributed by atoms with Gasteiger partial charge in [0, 0.05) is 21.0 Å². The van der Waals surface area contributed by atoms with Gasteiger partial charge in [-0.2, -0.15) is 0 Å². The highest BCUT2D eigenvalue weighted by atomic mass is 32.2. The lowest BCUT2D eigenvalue weighted by atomic mass is 9.83. The molecule has 0 saturated carbocycles. The number of benzene rings is 4. The molecular weight excluding hydrogens is 589 g/mol. The highest BCUT2D eigenvalue weighted by Gasteiger charge is 2.31. The third-order valence-corrected chi connectivity index (χ3v) is 9.91. The molecule has 1 aliphatic carbocycles. The Bertz CT molecular complexity index is 1830. The van der Waals surface area contributed by atoms with E-state index < -0.39 is 0 Å². The van der Waals surface area contributed by atoms with Crippen LogP contribution in [-0.2, 0) is 22.4 Å². The molecule has 4 aromatic carbocycles. The zero-order valence-electron chi connectivity index (χ0n) is 24.3. The number of hydrogen-bond acceptors (Lipinski definition) is 6. The second-order valence-electron chi connectivity index (χ2n) is 10.7. The molecule has 8 heteroatoms. The van der Waals surface area contributed by atoms with Gasteiger partial charge in [0.15, 0.2) is 0 Å². The number of carbonyl (C=O) groups is 3. The lowest BCUT2D eigenvalue weighted by molar-refractivity contribution is -0.113. The number of thiophene rings is 1. The van der Waals surface area contributed by atoms with Crippen LogP contribution >= 0.6 is 23.1 Å². The summed E-state index contributed by atoms with van der Waals surface area (Å²) in [4.78, 5) is 41.0. The van der Waals surface area contributed by atoms with Crippen molar-refractivity contribution < 1.29 is 19.1 Å². The Hall–Kier alpha value is -4.40. The number of thioether (sulfide) groups is 1. The molecule has 1 aliphatic rings. The number of fused-ring (bicyclic) bond motifs is 2. The van der Waals surface area contributed by atoms with E-state index in [1.165, 1.54) is 28.7 Å². The van der Waals surface area contributed by atoms with E-state index in [2.05, 4.69) is 34.9 Å². The minimum absolute atomic E-state index is 0.152. The molecular formula is C36H32N2O4S2. The average molecular weight is 621 g/mol. The maximum absolute atomic E-state index is 13.1. The first-order valence-electron chi connectivity index (χ1n) is 14.7. The minimum atomic E-state index is -0.388. The predicted octanol–water partition coefficient (Wildman–Crippen LogP) is 8.33. The summed E-state index contributed by atoms with van der Waals surface area (Å²) >= 11 is 2.85. The molecule has 6 rings (SSSR count). The normalized spacial score (nSPS) is 14.1. The first kappa shape index (κ1) is 29.7. The second kappa shape index (κ2) is 13.5. The van der Waals surface area contributed by atoms with Crippen LogP contribution < -0.4 is 10.6 Å². The van der Waals surface area contributed by atoms with Gasteiger partial charge in [-0.1, -0.05) is 66.7 Å². The van der Waals surface area contributed by atoms with E-state index >= 15 is 0 Å². The van der Waals surface area contributed by atoms with Gasteiger partial charge in [0.1, 0.15) is 5.00 Å². The van der Waals surface area contributed by atoms with Crippen LogP contribution in [0.25, 0.3) is 10.8 Å². The first-order chi connectivity index (χ1) is 21.5. The zero-order valence-corrected chi connectivity index (χ0v) is 25.9. The standard InChI is InChI=1S/C36H32N2O4S2/c1-2-42-36(41)33-30-18-17-26(23-9-4-3-5-10-23)20-31(30)44-35(33)38-32(39)22-43-29-14-8-13-28(21-29)37-34(40)27-16-15-24-11-6-7-12-25(24)19-27/h3-16,19,21,26H,2,17-18,20,22H2,1H3,(H,37,40)(H,38,39). The summed E-state index contributed by atoms with van der Waals surface area (Å²) in [6.45, 7) is 2.06. The molecule has 5 aromatic rings. The van der Waals surface area contributed by atoms with Crippen LogP contribution in [-0.4, -0.2) is 30.1 Å². The van der Waals surface area contributed by atoms with Crippen molar-refractivity contribution in [3.8, 4) is 0 Å². The summed E-state index contributed by atoms with van der Waals surface area (Å²) in [5.74, 6) is -0.256. The van der Waals surface area contributed by atoms with Crippen LogP contribution in [0.1, 0.15) is 56.0 Å². The van der Waals surface area contributed by atoms with Gasteiger partial charge < -0.3 is 15.4 Å². The van der Waals surface area contributed by atoms with Crippen LogP contribution in [0.4, 0.5) is 10.7 Å². The topological polar surface area (TPSA) is 84.5 Å². The molecule has 6 nitrogen and oxygen atoms in total. The van der Waals surface area contributed by atoms with Gasteiger partial charge in [0.2, 0.25) is 5.91 Å². The third-order valence-electron chi connectivity index (χ3n) is 7.74. The van der Waals surface area contributed by atoms with Crippen LogP contribution in [0.5, 0.6) is 0 Å². The van der Waals surface area contributed by atoms with E-state index in [0.717, 1.165) is 45.4 Å². The van der Waals surface area contributed by atoms with Gasteiger partial charge in [0.05, 0.1) is 17.9 Å². The molecule has 2 N–H and O–H groups in total. The third kappa shape index (κ3) is 6.72. The SMILES string of the molecule is CCOC(=O)c1c(NC(=O)CSc2cccc(NC(=O)c3ccc4ccccc4c3)c2)sc2c1CCC(c1ccccc1)C2. The summed E-state index contributed by atoms with van der Waals surface area (Å²) in [6, 6.07) is 31.4. The fourth-order valence-electron chi connectivity index (χ4n) is 5.61. The second-order valence-corrected chi connectivity index (χ2v) is 12.8. The molecule has 1 aromatic heterocycles.